The second kappa shape index (κ2) is 11.0. The highest BCUT2D eigenvalue weighted by atomic mass is 16.5. The molecule has 0 amide bonds. The van der Waals surface area contributed by atoms with Crippen LogP contribution in [0.25, 0.3) is 0 Å². The number of esters is 1. The SMILES string of the molecule is CCCCCCOc1ccccc1OCCCC(=O)OC. The molecule has 1 rings (SSSR count). The van der Waals surface area contributed by atoms with Gasteiger partial charge in [-0.15, -0.1) is 0 Å². The van der Waals surface area contributed by atoms with Gasteiger partial charge in [-0.1, -0.05) is 38.3 Å². The summed E-state index contributed by atoms with van der Waals surface area (Å²) in [6, 6.07) is 7.65. The van der Waals surface area contributed by atoms with Crippen LogP contribution in [0.2, 0.25) is 0 Å². The van der Waals surface area contributed by atoms with Crippen LogP contribution in [-0.4, -0.2) is 26.3 Å². The second-order valence-electron chi connectivity index (χ2n) is 4.88. The highest BCUT2D eigenvalue weighted by molar-refractivity contribution is 5.69. The van der Waals surface area contributed by atoms with Gasteiger partial charge < -0.3 is 14.2 Å². The summed E-state index contributed by atoms with van der Waals surface area (Å²) in [6.07, 6.45) is 5.73. The van der Waals surface area contributed by atoms with E-state index in [-0.39, 0.29) is 5.97 Å². The molecule has 0 aromatic heterocycles. The Morgan fingerprint density at radius 3 is 2.14 bits per heavy atom. The van der Waals surface area contributed by atoms with Gasteiger partial charge in [0.25, 0.3) is 0 Å². The first-order chi connectivity index (χ1) is 10.3. The minimum atomic E-state index is -0.209. The van der Waals surface area contributed by atoms with Gasteiger partial charge >= 0.3 is 5.97 Å². The molecular weight excluding hydrogens is 268 g/mol. The third-order valence-corrected chi connectivity index (χ3v) is 3.12. The van der Waals surface area contributed by atoms with Crippen LogP contribution in [0.15, 0.2) is 24.3 Å². The smallest absolute Gasteiger partial charge is 0.305 e. The molecule has 21 heavy (non-hydrogen) atoms. The zero-order valence-corrected chi connectivity index (χ0v) is 13.1. The fourth-order valence-corrected chi connectivity index (χ4v) is 1.90. The monoisotopic (exact) mass is 294 g/mol. The Kier molecular flexibility index (Phi) is 9.09. The molecule has 1 aromatic rings. The summed E-state index contributed by atoms with van der Waals surface area (Å²) in [5.74, 6) is 1.30. The number of para-hydroxylation sites is 2. The third-order valence-electron chi connectivity index (χ3n) is 3.12. The van der Waals surface area contributed by atoms with Crippen molar-refractivity contribution < 1.29 is 19.0 Å². The molecule has 0 atom stereocenters. The number of methoxy groups -OCH3 is 1. The Morgan fingerprint density at radius 1 is 0.952 bits per heavy atom. The molecule has 0 heterocycles. The maximum Gasteiger partial charge on any atom is 0.305 e. The van der Waals surface area contributed by atoms with E-state index in [4.69, 9.17) is 9.47 Å². The van der Waals surface area contributed by atoms with E-state index in [1.165, 1.54) is 26.4 Å². The van der Waals surface area contributed by atoms with Crippen LogP contribution in [0.4, 0.5) is 0 Å². The first-order valence-electron chi connectivity index (χ1n) is 7.69. The fourth-order valence-electron chi connectivity index (χ4n) is 1.90. The van der Waals surface area contributed by atoms with E-state index in [1.54, 1.807) is 0 Å². The van der Waals surface area contributed by atoms with Gasteiger partial charge in [-0.05, 0) is 25.0 Å². The summed E-state index contributed by atoms with van der Waals surface area (Å²) in [5, 5.41) is 0. The van der Waals surface area contributed by atoms with E-state index in [9.17, 15) is 4.79 Å². The molecular formula is C17H26O4. The summed E-state index contributed by atoms with van der Waals surface area (Å²) in [4.78, 5) is 11.0. The Hall–Kier alpha value is -1.71. The minimum absolute atomic E-state index is 0.209. The lowest BCUT2D eigenvalue weighted by Gasteiger charge is -2.12. The summed E-state index contributed by atoms with van der Waals surface area (Å²) in [5.41, 5.74) is 0. The van der Waals surface area contributed by atoms with Crippen LogP contribution >= 0.6 is 0 Å². The largest absolute Gasteiger partial charge is 0.490 e. The second-order valence-corrected chi connectivity index (χ2v) is 4.88. The minimum Gasteiger partial charge on any atom is -0.490 e. The summed E-state index contributed by atoms with van der Waals surface area (Å²) in [7, 11) is 1.39. The van der Waals surface area contributed by atoms with Crippen molar-refractivity contribution in [2.45, 2.75) is 45.4 Å². The Morgan fingerprint density at radius 2 is 1.57 bits per heavy atom. The highest BCUT2D eigenvalue weighted by Crippen LogP contribution is 2.26. The number of hydrogen-bond acceptors (Lipinski definition) is 4. The van der Waals surface area contributed by atoms with E-state index in [0.717, 1.165) is 17.9 Å². The topological polar surface area (TPSA) is 44.8 Å². The quantitative estimate of drug-likeness (QED) is 0.457. The lowest BCUT2D eigenvalue weighted by Crippen LogP contribution is -2.06. The first kappa shape index (κ1) is 17.3. The number of hydrogen-bond donors (Lipinski definition) is 0. The molecule has 0 spiro atoms. The molecule has 4 heteroatoms. The van der Waals surface area contributed by atoms with Crippen molar-refractivity contribution in [3.8, 4) is 11.5 Å². The van der Waals surface area contributed by atoms with Gasteiger partial charge in [0.2, 0.25) is 0 Å². The van der Waals surface area contributed by atoms with E-state index >= 15 is 0 Å². The van der Waals surface area contributed by atoms with Gasteiger partial charge in [0.15, 0.2) is 11.5 Å². The summed E-state index contributed by atoms with van der Waals surface area (Å²) >= 11 is 0. The van der Waals surface area contributed by atoms with Crippen molar-refractivity contribution in [3.63, 3.8) is 0 Å². The van der Waals surface area contributed by atoms with E-state index in [1.807, 2.05) is 24.3 Å². The number of rotatable bonds is 11. The summed E-state index contributed by atoms with van der Waals surface area (Å²) < 4.78 is 16.0. The Bertz CT molecular complexity index is 404. The van der Waals surface area contributed by atoms with Gasteiger partial charge in [0.05, 0.1) is 20.3 Å². The molecule has 0 aliphatic carbocycles. The predicted octanol–water partition coefficient (Wildman–Crippen LogP) is 3.98. The van der Waals surface area contributed by atoms with Gasteiger partial charge in [-0.3, -0.25) is 4.79 Å². The van der Waals surface area contributed by atoms with Gasteiger partial charge in [-0.2, -0.15) is 0 Å². The molecule has 0 radical (unpaired) electrons. The maximum atomic E-state index is 11.0. The fraction of sp³-hybridized carbons (Fsp3) is 0.588. The molecule has 0 saturated heterocycles. The lowest BCUT2D eigenvalue weighted by molar-refractivity contribution is -0.140. The zero-order chi connectivity index (χ0) is 15.3. The van der Waals surface area contributed by atoms with Crippen LogP contribution in [-0.2, 0) is 9.53 Å². The standard InChI is InChI=1S/C17H26O4/c1-3-4-5-8-13-20-15-10-6-7-11-16(15)21-14-9-12-17(18)19-2/h6-7,10-11H,3-5,8-9,12-14H2,1-2H3. The number of carbonyl (C=O) groups is 1. The average Bonchev–Trinajstić information content (AvgIpc) is 2.52. The van der Waals surface area contributed by atoms with Crippen molar-refractivity contribution in [2.24, 2.45) is 0 Å². The first-order valence-corrected chi connectivity index (χ1v) is 7.69. The molecule has 1 aromatic carbocycles. The molecule has 4 nitrogen and oxygen atoms in total. The third kappa shape index (κ3) is 7.59. The molecule has 118 valence electrons. The molecule has 0 aliphatic rings. The number of unbranched alkanes of at least 4 members (excludes halogenated alkanes) is 3. The van der Waals surface area contributed by atoms with Crippen molar-refractivity contribution in [2.75, 3.05) is 20.3 Å². The zero-order valence-electron chi connectivity index (χ0n) is 13.1. The van der Waals surface area contributed by atoms with Crippen LogP contribution < -0.4 is 9.47 Å². The summed E-state index contributed by atoms with van der Waals surface area (Å²) in [6.45, 7) is 3.38. The van der Waals surface area contributed by atoms with E-state index in [2.05, 4.69) is 11.7 Å². The Labute approximate surface area is 127 Å². The molecule has 0 unspecified atom stereocenters. The van der Waals surface area contributed by atoms with Gasteiger partial charge in [-0.25, -0.2) is 0 Å². The number of ether oxygens (including phenoxy) is 3. The van der Waals surface area contributed by atoms with E-state index in [0.29, 0.717) is 26.1 Å². The van der Waals surface area contributed by atoms with Crippen LogP contribution in [0.5, 0.6) is 11.5 Å². The highest BCUT2D eigenvalue weighted by Gasteiger charge is 2.05. The Balaban J connectivity index is 2.31. The van der Waals surface area contributed by atoms with Crippen LogP contribution in [0.1, 0.15) is 45.4 Å². The molecule has 0 saturated carbocycles. The van der Waals surface area contributed by atoms with Crippen LogP contribution in [0.3, 0.4) is 0 Å². The average molecular weight is 294 g/mol. The number of carbonyl (C=O) groups excluding carboxylic acids is 1. The molecule has 0 bridgehead atoms. The van der Waals surface area contributed by atoms with Crippen molar-refractivity contribution >= 4 is 5.97 Å². The van der Waals surface area contributed by atoms with Gasteiger partial charge in [0, 0.05) is 6.42 Å². The van der Waals surface area contributed by atoms with Crippen molar-refractivity contribution in [3.05, 3.63) is 24.3 Å². The molecule has 0 N–H and O–H groups in total. The molecule has 0 fully saturated rings. The molecule has 0 aliphatic heterocycles. The number of benzene rings is 1. The lowest BCUT2D eigenvalue weighted by atomic mass is 10.2. The predicted molar refractivity (Wildman–Crippen MR) is 82.8 cm³/mol. The van der Waals surface area contributed by atoms with Crippen LogP contribution in [0, 0.1) is 0 Å². The normalized spacial score (nSPS) is 10.2. The van der Waals surface area contributed by atoms with Crippen molar-refractivity contribution in [1.82, 2.24) is 0 Å². The van der Waals surface area contributed by atoms with Gasteiger partial charge in [0.1, 0.15) is 0 Å². The van der Waals surface area contributed by atoms with E-state index < -0.39 is 0 Å². The maximum absolute atomic E-state index is 11.0. The van der Waals surface area contributed by atoms with Crippen molar-refractivity contribution in [1.29, 1.82) is 0 Å².